The monoisotopic (exact) mass is 767 g/mol. The molecule has 1 saturated carbocycles. The van der Waals surface area contributed by atoms with Crippen LogP contribution >= 0.6 is 11.6 Å². The van der Waals surface area contributed by atoms with Crippen LogP contribution in [-0.4, -0.2) is 105 Å². The first-order valence-electron chi connectivity index (χ1n) is 20.0. The Bertz CT molecular complexity index is 1760. The van der Waals surface area contributed by atoms with Crippen LogP contribution in [0.4, 0.5) is 5.69 Å². The quantitative estimate of drug-likeness (QED) is 0.408. The number of benzene rings is 2. The van der Waals surface area contributed by atoms with Gasteiger partial charge in [0.25, 0.3) is 5.91 Å². The molecular weight excluding hydrogens is 710 g/mol. The average Bonchev–Trinajstić information content (AvgIpc) is 3.15. The van der Waals surface area contributed by atoms with Crippen molar-refractivity contribution in [2.45, 2.75) is 90.0 Å². The van der Waals surface area contributed by atoms with E-state index in [-0.39, 0.29) is 11.8 Å². The summed E-state index contributed by atoms with van der Waals surface area (Å²) in [6.07, 6.45) is 8.06. The minimum Gasteiger partial charge on any atom is -0.487 e. The lowest BCUT2D eigenvalue weighted by Crippen LogP contribution is -2.63. The number of piperazine rings is 2. The zero-order valence-corrected chi connectivity index (χ0v) is 33.3. The summed E-state index contributed by atoms with van der Waals surface area (Å²) in [7, 11) is -3.90. The highest BCUT2D eigenvalue weighted by molar-refractivity contribution is 7.90. The Hall–Kier alpha value is -2.86. The fourth-order valence-corrected chi connectivity index (χ4v) is 11.1. The van der Waals surface area contributed by atoms with Crippen LogP contribution in [0.2, 0.25) is 5.02 Å². The van der Waals surface area contributed by atoms with E-state index in [1.54, 1.807) is 19.9 Å². The van der Waals surface area contributed by atoms with Gasteiger partial charge < -0.3 is 19.4 Å². The van der Waals surface area contributed by atoms with Gasteiger partial charge in [-0.1, -0.05) is 31.0 Å². The number of aryl methyl sites for hydroxylation is 1. The lowest BCUT2D eigenvalue weighted by atomic mass is 9.65. The fourth-order valence-electron chi connectivity index (χ4n) is 9.57. The maximum absolute atomic E-state index is 13.6. The van der Waals surface area contributed by atoms with Crippen LogP contribution in [0.3, 0.4) is 0 Å². The van der Waals surface area contributed by atoms with Crippen molar-refractivity contribution >= 4 is 39.1 Å². The van der Waals surface area contributed by atoms with Crippen molar-refractivity contribution < 1.29 is 22.7 Å². The molecule has 1 aliphatic carbocycles. The van der Waals surface area contributed by atoms with Crippen LogP contribution in [0.15, 0.2) is 36.4 Å². The van der Waals surface area contributed by atoms with Crippen molar-refractivity contribution in [2.24, 2.45) is 23.7 Å². The average molecular weight is 768 g/mol. The molecule has 1 N–H and O–H groups in total. The van der Waals surface area contributed by atoms with Crippen molar-refractivity contribution in [3.63, 3.8) is 0 Å². The molecule has 0 aromatic heterocycles. The second-order valence-electron chi connectivity index (χ2n) is 16.6. The van der Waals surface area contributed by atoms with Crippen LogP contribution in [-0.2, 0) is 27.8 Å². The van der Waals surface area contributed by atoms with E-state index in [1.165, 1.54) is 18.4 Å². The lowest BCUT2D eigenvalue weighted by Gasteiger charge is -2.50. The summed E-state index contributed by atoms with van der Waals surface area (Å²) in [5.41, 5.74) is 3.48. The van der Waals surface area contributed by atoms with Gasteiger partial charge in [-0.15, -0.1) is 0 Å². The second-order valence-corrected chi connectivity index (χ2v) is 19.0. The Morgan fingerprint density at radius 2 is 1.74 bits per heavy atom. The molecule has 6 atom stereocenters. The predicted octanol–water partition coefficient (Wildman–Crippen LogP) is 5.82. The molecule has 2 amide bonds. The third-order valence-corrected chi connectivity index (χ3v) is 15.4. The number of ether oxygens (including phenoxy) is 1. The first-order valence-corrected chi connectivity index (χ1v) is 21.9. The summed E-state index contributed by atoms with van der Waals surface area (Å²) in [4.78, 5) is 35.5. The number of hydrogen-bond donors (Lipinski definition) is 1. The highest BCUT2D eigenvalue weighted by atomic mass is 35.5. The number of nitrogens with one attached hydrogen (secondary N) is 1. The van der Waals surface area contributed by atoms with Gasteiger partial charge >= 0.3 is 0 Å². The maximum Gasteiger partial charge on any atom is 0.264 e. The van der Waals surface area contributed by atoms with E-state index >= 15 is 0 Å². The van der Waals surface area contributed by atoms with E-state index < -0.39 is 21.2 Å². The van der Waals surface area contributed by atoms with Crippen molar-refractivity contribution in [3.05, 3.63) is 58.1 Å². The summed E-state index contributed by atoms with van der Waals surface area (Å²) in [6, 6.07) is 11.7. The second kappa shape index (κ2) is 16.5. The SMILES string of the molecule is CC(=O)N1CCN2CCN(C[C@@H]3CCC[C@H](C)[C@@H](C)S(=O)(=O)NC(=O)c4ccc5c(c4)N(CCCCc4cc(Cl)ccc4CO5)C[C@@H]4CC[C@@H]34)C[C@H]2C1. The third-order valence-electron chi connectivity index (χ3n) is 13.2. The van der Waals surface area contributed by atoms with Gasteiger partial charge in [-0.2, -0.15) is 0 Å². The van der Waals surface area contributed by atoms with Crippen molar-refractivity contribution in [1.82, 2.24) is 19.4 Å². The zero-order chi connectivity index (χ0) is 37.3. The molecule has 2 bridgehead atoms. The minimum absolute atomic E-state index is 0.0940. The minimum atomic E-state index is -3.90. The molecule has 2 aromatic rings. The Morgan fingerprint density at radius 1 is 0.906 bits per heavy atom. The molecule has 0 spiro atoms. The van der Waals surface area contributed by atoms with Crippen LogP contribution in [0.5, 0.6) is 5.75 Å². The Kier molecular flexibility index (Phi) is 11.9. The number of halogens is 1. The van der Waals surface area contributed by atoms with Crippen molar-refractivity contribution in [1.29, 1.82) is 0 Å². The molecule has 2 saturated heterocycles. The Labute approximate surface area is 321 Å². The molecule has 5 aliphatic rings. The third kappa shape index (κ3) is 8.84. The number of carbonyl (C=O) groups is 2. The maximum atomic E-state index is 13.6. The van der Waals surface area contributed by atoms with E-state index in [1.807, 2.05) is 42.2 Å². The van der Waals surface area contributed by atoms with Gasteiger partial charge in [0.2, 0.25) is 15.9 Å². The molecule has 290 valence electrons. The van der Waals surface area contributed by atoms with Crippen molar-refractivity contribution in [3.8, 4) is 5.75 Å². The first kappa shape index (κ1) is 38.4. The van der Waals surface area contributed by atoms with Gasteiger partial charge in [0.1, 0.15) is 12.4 Å². The molecule has 4 heterocycles. The number of carbonyl (C=O) groups excluding carboxylic acids is 2. The fraction of sp³-hybridized carbons (Fsp3) is 0.659. The molecule has 53 heavy (non-hydrogen) atoms. The molecule has 3 fully saturated rings. The van der Waals surface area contributed by atoms with Gasteiger partial charge in [0.05, 0.1) is 10.9 Å². The van der Waals surface area contributed by atoms with E-state index in [4.69, 9.17) is 16.3 Å². The predicted molar refractivity (Wildman–Crippen MR) is 210 cm³/mol. The first-order chi connectivity index (χ1) is 25.4. The standard InChI is InChI=1S/C41H58ClN5O5S/c1-28-7-6-9-33(23-44-17-18-45-19-20-46(30(3)48)26-37(45)25-44)38-14-11-34(38)24-47-16-5-4-8-31-21-36(42)13-10-35(31)27-52-40-15-12-32(22-39(40)47)41(49)43-53(50,51)29(28)2/h10,12-13,15,21-22,28-29,33-34,37-38H,4-9,11,14,16-20,23-27H2,1-3H3,(H,43,49)/t28-,29+,33-,34-,37-,38-/m0/s1. The number of amides is 2. The van der Waals surface area contributed by atoms with Crippen LogP contribution < -0.4 is 14.4 Å². The number of sulfonamides is 1. The number of anilines is 1. The lowest BCUT2D eigenvalue weighted by molar-refractivity contribution is -0.133. The van der Waals surface area contributed by atoms with E-state index in [9.17, 15) is 18.0 Å². The van der Waals surface area contributed by atoms with Gasteiger partial charge in [0, 0.05) is 82.5 Å². The summed E-state index contributed by atoms with van der Waals surface area (Å²) in [6.45, 7) is 14.2. The number of fused-ring (bicyclic) bond motifs is 4. The van der Waals surface area contributed by atoms with Crippen LogP contribution in [0.25, 0.3) is 0 Å². The molecule has 0 unspecified atom stereocenters. The molecule has 2 aromatic carbocycles. The van der Waals surface area contributed by atoms with Gasteiger partial charge in [0.15, 0.2) is 0 Å². The van der Waals surface area contributed by atoms with E-state index in [0.717, 1.165) is 114 Å². The topological polar surface area (TPSA) is 102 Å². The zero-order valence-electron chi connectivity index (χ0n) is 31.8. The molecular formula is C41H58ClN5O5S. The Balaban J connectivity index is 1.18. The van der Waals surface area contributed by atoms with Crippen LogP contribution in [0.1, 0.15) is 87.2 Å². The molecule has 4 aliphatic heterocycles. The number of rotatable bonds is 2. The smallest absolute Gasteiger partial charge is 0.264 e. The summed E-state index contributed by atoms with van der Waals surface area (Å²) >= 11 is 6.41. The Morgan fingerprint density at radius 3 is 2.53 bits per heavy atom. The summed E-state index contributed by atoms with van der Waals surface area (Å²) in [5, 5.41) is 0.0229. The van der Waals surface area contributed by atoms with E-state index in [2.05, 4.69) is 19.4 Å². The van der Waals surface area contributed by atoms with Gasteiger partial charge in [-0.3, -0.25) is 14.5 Å². The molecule has 10 nitrogen and oxygen atoms in total. The normalized spacial score (nSPS) is 30.3. The summed E-state index contributed by atoms with van der Waals surface area (Å²) in [5.74, 6) is 1.76. The highest BCUT2D eigenvalue weighted by Crippen LogP contribution is 2.45. The van der Waals surface area contributed by atoms with Gasteiger partial charge in [-0.25, -0.2) is 13.1 Å². The molecule has 7 rings (SSSR count). The highest BCUT2D eigenvalue weighted by Gasteiger charge is 2.41. The number of nitrogens with zero attached hydrogens (tertiary/aromatic N) is 4. The van der Waals surface area contributed by atoms with Crippen LogP contribution in [0, 0.1) is 23.7 Å². The summed E-state index contributed by atoms with van der Waals surface area (Å²) < 4.78 is 36.1. The number of hydrogen-bond acceptors (Lipinski definition) is 8. The molecule has 0 radical (unpaired) electrons. The van der Waals surface area contributed by atoms with E-state index in [0.29, 0.717) is 41.7 Å². The molecule has 12 heteroatoms. The van der Waals surface area contributed by atoms with Gasteiger partial charge in [-0.05, 0) is 117 Å². The largest absolute Gasteiger partial charge is 0.487 e. The van der Waals surface area contributed by atoms with Crippen molar-refractivity contribution in [2.75, 3.05) is 63.8 Å².